The van der Waals surface area contributed by atoms with Crippen LogP contribution in [-0.4, -0.2) is 15.3 Å². The van der Waals surface area contributed by atoms with Crippen LogP contribution in [0.25, 0.3) is 11.0 Å². The smallest absolute Gasteiger partial charge is 0.115 e. The number of fused-ring (bicyclic) bond motifs is 1. The highest BCUT2D eigenvalue weighted by Gasteiger charge is 2.12. The number of hydrazone groups is 1. The van der Waals surface area contributed by atoms with Crippen molar-refractivity contribution in [3.8, 4) is 0 Å². The Bertz CT molecular complexity index is 1030. The van der Waals surface area contributed by atoms with Gasteiger partial charge in [-0.15, -0.1) is 0 Å². The van der Waals surface area contributed by atoms with Crippen LogP contribution in [0.15, 0.2) is 90.0 Å². The van der Waals surface area contributed by atoms with Gasteiger partial charge in [-0.1, -0.05) is 60.7 Å². The summed E-state index contributed by atoms with van der Waals surface area (Å²) in [5.74, 6) is 0.990. The Balaban J connectivity index is 1.69. The Labute approximate surface area is 152 Å². The van der Waals surface area contributed by atoms with Crippen molar-refractivity contribution in [1.29, 1.82) is 0 Å². The van der Waals surface area contributed by atoms with E-state index in [2.05, 4.69) is 40.3 Å². The molecule has 1 aromatic heterocycles. The van der Waals surface area contributed by atoms with Gasteiger partial charge in [-0.3, -0.25) is 5.43 Å². The highest BCUT2D eigenvalue weighted by molar-refractivity contribution is 6.02. The molecule has 26 heavy (non-hydrogen) atoms. The first kappa shape index (κ1) is 16.1. The number of nitrogens with zero attached hydrogens (tertiary/aromatic N) is 3. The molecule has 0 fully saturated rings. The molecule has 0 aliphatic rings. The summed E-state index contributed by atoms with van der Waals surface area (Å²) in [7, 11) is 2.05. The number of nitrogens with one attached hydrogen (secondary N) is 1. The minimum absolute atomic E-state index is 0.648. The van der Waals surface area contributed by atoms with Crippen molar-refractivity contribution in [3.63, 3.8) is 0 Å². The van der Waals surface area contributed by atoms with Gasteiger partial charge >= 0.3 is 0 Å². The lowest BCUT2D eigenvalue weighted by atomic mass is 10.1. The number of anilines is 1. The average molecular weight is 340 g/mol. The van der Waals surface area contributed by atoms with E-state index >= 15 is 0 Å². The number of hydrogen-bond acceptors (Lipinski definition) is 3. The summed E-state index contributed by atoms with van der Waals surface area (Å²) in [6, 6.07) is 28.4. The zero-order chi connectivity index (χ0) is 17.8. The molecule has 4 rings (SSSR count). The SMILES string of the molecule is Cn1c(C/C(=N/Nc2ccccc2)c2ccccc2)nc2ccccc21. The van der Waals surface area contributed by atoms with Gasteiger partial charge in [0.2, 0.25) is 0 Å². The molecule has 0 bridgehead atoms. The van der Waals surface area contributed by atoms with Crippen molar-refractivity contribution in [3.05, 3.63) is 96.3 Å². The zero-order valence-electron chi connectivity index (χ0n) is 14.6. The highest BCUT2D eigenvalue weighted by atomic mass is 15.3. The molecule has 0 aliphatic carbocycles. The number of aromatic nitrogens is 2. The van der Waals surface area contributed by atoms with Crippen LogP contribution in [0.3, 0.4) is 0 Å². The summed E-state index contributed by atoms with van der Waals surface area (Å²) >= 11 is 0. The molecule has 4 nitrogen and oxygen atoms in total. The van der Waals surface area contributed by atoms with Gasteiger partial charge in [0.1, 0.15) is 5.82 Å². The highest BCUT2D eigenvalue weighted by Crippen LogP contribution is 2.17. The van der Waals surface area contributed by atoms with Crippen molar-refractivity contribution in [1.82, 2.24) is 9.55 Å². The molecule has 1 N–H and O–H groups in total. The summed E-state index contributed by atoms with van der Waals surface area (Å²) in [6.07, 6.45) is 0.648. The van der Waals surface area contributed by atoms with E-state index in [1.165, 1.54) is 0 Å². The first-order valence-electron chi connectivity index (χ1n) is 8.64. The summed E-state index contributed by atoms with van der Waals surface area (Å²) < 4.78 is 2.14. The number of para-hydroxylation sites is 3. The van der Waals surface area contributed by atoms with Gasteiger partial charge in [-0.05, 0) is 29.8 Å². The molecular weight excluding hydrogens is 320 g/mol. The third-order valence-electron chi connectivity index (χ3n) is 4.41. The third kappa shape index (κ3) is 3.35. The second kappa shape index (κ2) is 7.23. The normalized spacial score (nSPS) is 11.7. The maximum absolute atomic E-state index is 4.79. The molecule has 3 aromatic carbocycles. The fraction of sp³-hybridized carbons (Fsp3) is 0.0909. The Morgan fingerprint density at radius 3 is 2.27 bits per heavy atom. The van der Waals surface area contributed by atoms with Gasteiger partial charge in [0, 0.05) is 7.05 Å². The van der Waals surface area contributed by atoms with Gasteiger partial charge in [0.05, 0.1) is 28.9 Å². The Kier molecular flexibility index (Phi) is 4.48. The lowest BCUT2D eigenvalue weighted by Crippen LogP contribution is -2.11. The van der Waals surface area contributed by atoms with Crippen molar-refractivity contribution in [2.75, 3.05) is 5.43 Å². The summed E-state index contributed by atoms with van der Waals surface area (Å²) in [6.45, 7) is 0. The number of imidazole rings is 1. The molecule has 0 aliphatic heterocycles. The van der Waals surface area contributed by atoms with Gasteiger partial charge in [-0.25, -0.2) is 4.98 Å². The van der Waals surface area contributed by atoms with E-state index in [1.807, 2.05) is 66.7 Å². The predicted molar refractivity (Wildman–Crippen MR) is 107 cm³/mol. The van der Waals surface area contributed by atoms with Crippen LogP contribution < -0.4 is 5.43 Å². The summed E-state index contributed by atoms with van der Waals surface area (Å²) in [4.78, 5) is 4.79. The number of rotatable bonds is 5. The Morgan fingerprint density at radius 2 is 1.54 bits per heavy atom. The summed E-state index contributed by atoms with van der Waals surface area (Å²) in [5, 5.41) is 4.68. The van der Waals surface area contributed by atoms with Crippen molar-refractivity contribution >= 4 is 22.4 Å². The maximum atomic E-state index is 4.79. The van der Waals surface area contributed by atoms with Crippen molar-refractivity contribution < 1.29 is 0 Å². The second-order valence-electron chi connectivity index (χ2n) is 6.15. The third-order valence-corrected chi connectivity index (χ3v) is 4.41. The minimum Gasteiger partial charge on any atom is -0.331 e. The Morgan fingerprint density at radius 1 is 0.885 bits per heavy atom. The van der Waals surface area contributed by atoms with Crippen LogP contribution in [-0.2, 0) is 13.5 Å². The lowest BCUT2D eigenvalue weighted by molar-refractivity contribution is 0.863. The fourth-order valence-electron chi connectivity index (χ4n) is 2.98. The van der Waals surface area contributed by atoms with Crippen LogP contribution in [0.4, 0.5) is 5.69 Å². The first-order valence-corrected chi connectivity index (χ1v) is 8.64. The number of hydrogen-bond donors (Lipinski definition) is 1. The quantitative estimate of drug-likeness (QED) is 0.425. The topological polar surface area (TPSA) is 42.2 Å². The Hall–Kier alpha value is -3.40. The number of benzene rings is 3. The van der Waals surface area contributed by atoms with Gasteiger partial charge in [0.25, 0.3) is 0 Å². The standard InChI is InChI=1S/C22H20N4/c1-26-21-15-9-8-14-19(21)23-22(26)16-20(17-10-4-2-5-11-17)25-24-18-12-6-3-7-13-18/h2-15,24H,16H2,1H3/b25-20-. The maximum Gasteiger partial charge on any atom is 0.115 e. The molecular formula is C22H20N4. The van der Waals surface area contributed by atoms with Crippen molar-refractivity contribution in [2.24, 2.45) is 12.1 Å². The molecule has 128 valence electrons. The molecule has 0 unspecified atom stereocenters. The molecule has 0 amide bonds. The van der Waals surface area contributed by atoms with E-state index in [1.54, 1.807) is 0 Å². The summed E-state index contributed by atoms with van der Waals surface area (Å²) in [5.41, 5.74) is 8.31. The van der Waals surface area contributed by atoms with E-state index in [4.69, 9.17) is 4.98 Å². The predicted octanol–water partition coefficient (Wildman–Crippen LogP) is 4.63. The molecule has 0 saturated carbocycles. The second-order valence-corrected chi connectivity index (χ2v) is 6.15. The number of aryl methyl sites for hydroxylation is 1. The first-order chi connectivity index (χ1) is 12.8. The van der Waals surface area contributed by atoms with Crippen molar-refractivity contribution in [2.45, 2.75) is 6.42 Å². The van der Waals surface area contributed by atoms with Crippen LogP contribution in [0, 0.1) is 0 Å². The average Bonchev–Trinajstić information content (AvgIpc) is 3.02. The van der Waals surface area contributed by atoms with E-state index < -0.39 is 0 Å². The van der Waals surface area contributed by atoms with E-state index in [-0.39, 0.29) is 0 Å². The monoisotopic (exact) mass is 340 g/mol. The van der Waals surface area contributed by atoms with E-state index in [9.17, 15) is 0 Å². The molecule has 4 heteroatoms. The van der Waals surface area contributed by atoms with Crippen LogP contribution >= 0.6 is 0 Å². The molecule has 0 radical (unpaired) electrons. The van der Waals surface area contributed by atoms with Crippen LogP contribution in [0.5, 0.6) is 0 Å². The zero-order valence-corrected chi connectivity index (χ0v) is 14.6. The van der Waals surface area contributed by atoms with E-state index in [0.29, 0.717) is 6.42 Å². The minimum atomic E-state index is 0.648. The largest absolute Gasteiger partial charge is 0.331 e. The van der Waals surface area contributed by atoms with Crippen LogP contribution in [0.2, 0.25) is 0 Å². The van der Waals surface area contributed by atoms with Crippen LogP contribution in [0.1, 0.15) is 11.4 Å². The van der Waals surface area contributed by atoms with E-state index in [0.717, 1.165) is 33.8 Å². The van der Waals surface area contributed by atoms with Gasteiger partial charge in [0.15, 0.2) is 0 Å². The lowest BCUT2D eigenvalue weighted by Gasteiger charge is -2.09. The fourth-order valence-corrected chi connectivity index (χ4v) is 2.98. The van der Waals surface area contributed by atoms with Gasteiger partial charge in [-0.2, -0.15) is 5.10 Å². The molecule has 0 saturated heterocycles. The molecule has 0 spiro atoms. The van der Waals surface area contributed by atoms with Gasteiger partial charge < -0.3 is 4.57 Å². The molecule has 4 aromatic rings. The molecule has 1 heterocycles. The molecule has 0 atom stereocenters.